The predicted octanol–water partition coefficient (Wildman–Crippen LogP) is 1.97. The first-order valence-corrected chi connectivity index (χ1v) is 7.25. The Morgan fingerprint density at radius 1 is 1.50 bits per heavy atom. The maximum absolute atomic E-state index is 11.4. The molecule has 2 unspecified atom stereocenters. The lowest BCUT2D eigenvalue weighted by molar-refractivity contribution is 0.0957. The molecule has 5 heteroatoms. The Bertz CT molecular complexity index is 418. The highest BCUT2D eigenvalue weighted by molar-refractivity contribution is 7.14. The highest BCUT2D eigenvalue weighted by Gasteiger charge is 2.23. The van der Waals surface area contributed by atoms with Crippen molar-refractivity contribution >= 4 is 17.2 Å². The molecule has 1 amide bonds. The second-order valence-electron chi connectivity index (χ2n) is 5.20. The Labute approximate surface area is 112 Å². The van der Waals surface area contributed by atoms with Gasteiger partial charge in [-0.15, -0.1) is 11.3 Å². The minimum atomic E-state index is -0.202. The van der Waals surface area contributed by atoms with E-state index in [9.17, 15) is 4.79 Å². The molecule has 100 valence electrons. The van der Waals surface area contributed by atoms with Crippen molar-refractivity contribution in [1.82, 2.24) is 10.3 Å². The molecule has 2 atom stereocenters. The number of nitrogens with one attached hydrogen (secondary N) is 1. The molecule has 3 N–H and O–H groups in total. The molecule has 0 aromatic carbocycles. The van der Waals surface area contributed by atoms with E-state index in [2.05, 4.69) is 24.2 Å². The van der Waals surface area contributed by atoms with E-state index in [4.69, 9.17) is 5.84 Å². The molecule has 0 saturated carbocycles. The van der Waals surface area contributed by atoms with E-state index in [1.807, 2.05) is 12.1 Å². The normalized spacial score (nSPS) is 25.1. The number of nitrogen functional groups attached to an aromatic ring is 1. The number of thiophene rings is 1. The molecule has 4 nitrogen and oxygen atoms in total. The zero-order valence-corrected chi connectivity index (χ0v) is 11.8. The molecule has 1 aliphatic heterocycles. The molecule has 1 aliphatic rings. The van der Waals surface area contributed by atoms with Crippen LogP contribution in [0, 0.1) is 5.92 Å². The van der Waals surface area contributed by atoms with Crippen LogP contribution in [0.15, 0.2) is 12.1 Å². The molecule has 0 spiro atoms. The second-order valence-corrected chi connectivity index (χ2v) is 6.37. The third kappa shape index (κ3) is 3.10. The maximum atomic E-state index is 11.4. The summed E-state index contributed by atoms with van der Waals surface area (Å²) in [5.41, 5.74) is 2.17. The quantitative estimate of drug-likeness (QED) is 0.500. The van der Waals surface area contributed by atoms with Crippen molar-refractivity contribution in [2.75, 3.05) is 6.54 Å². The maximum Gasteiger partial charge on any atom is 0.275 e. The lowest BCUT2D eigenvalue weighted by atomic mass is 9.95. The van der Waals surface area contributed by atoms with Crippen molar-refractivity contribution < 1.29 is 4.79 Å². The van der Waals surface area contributed by atoms with Crippen LogP contribution < -0.4 is 11.3 Å². The third-order valence-corrected chi connectivity index (χ3v) is 4.69. The van der Waals surface area contributed by atoms with Gasteiger partial charge in [0, 0.05) is 24.0 Å². The zero-order valence-electron chi connectivity index (χ0n) is 11.0. The molecular weight excluding hydrogens is 246 g/mol. The van der Waals surface area contributed by atoms with Gasteiger partial charge in [-0.05, 0) is 37.8 Å². The van der Waals surface area contributed by atoms with E-state index in [1.165, 1.54) is 29.1 Å². The minimum absolute atomic E-state index is 0.202. The molecule has 0 radical (unpaired) electrons. The van der Waals surface area contributed by atoms with Gasteiger partial charge in [-0.2, -0.15) is 0 Å². The van der Waals surface area contributed by atoms with Gasteiger partial charge in [-0.3, -0.25) is 15.1 Å². The Morgan fingerprint density at radius 3 is 3.00 bits per heavy atom. The van der Waals surface area contributed by atoms with E-state index < -0.39 is 0 Å². The molecule has 1 aromatic rings. The highest BCUT2D eigenvalue weighted by Crippen LogP contribution is 2.25. The number of hydrogen-bond donors (Lipinski definition) is 2. The van der Waals surface area contributed by atoms with Crippen molar-refractivity contribution in [1.29, 1.82) is 0 Å². The fourth-order valence-electron chi connectivity index (χ4n) is 2.46. The number of nitrogens with zero attached hydrogens (tertiary/aromatic N) is 1. The van der Waals surface area contributed by atoms with Gasteiger partial charge in [0.05, 0.1) is 4.88 Å². The zero-order chi connectivity index (χ0) is 13.1. The number of hydrazine groups is 1. The molecule has 1 fully saturated rings. The van der Waals surface area contributed by atoms with Gasteiger partial charge in [0.25, 0.3) is 5.91 Å². The van der Waals surface area contributed by atoms with E-state index in [0.29, 0.717) is 10.9 Å². The van der Waals surface area contributed by atoms with E-state index in [1.54, 1.807) is 0 Å². The molecular formula is C13H21N3OS. The number of hydrogen-bond acceptors (Lipinski definition) is 4. The van der Waals surface area contributed by atoms with E-state index >= 15 is 0 Å². The lowest BCUT2D eigenvalue weighted by Crippen LogP contribution is -2.40. The van der Waals surface area contributed by atoms with Gasteiger partial charge < -0.3 is 0 Å². The summed E-state index contributed by atoms with van der Waals surface area (Å²) in [5, 5.41) is 0. The summed E-state index contributed by atoms with van der Waals surface area (Å²) in [6.45, 7) is 6.68. The summed E-state index contributed by atoms with van der Waals surface area (Å²) in [6, 6.07) is 4.51. The molecule has 0 bridgehead atoms. The van der Waals surface area contributed by atoms with Crippen LogP contribution in [0.5, 0.6) is 0 Å². The lowest BCUT2D eigenvalue weighted by Gasteiger charge is -2.36. The molecule has 18 heavy (non-hydrogen) atoms. The average Bonchev–Trinajstić information content (AvgIpc) is 2.81. The van der Waals surface area contributed by atoms with Crippen LogP contribution in [0.3, 0.4) is 0 Å². The van der Waals surface area contributed by atoms with Crippen molar-refractivity contribution in [3.8, 4) is 0 Å². The summed E-state index contributed by atoms with van der Waals surface area (Å²) in [6.07, 6.45) is 2.59. The van der Waals surface area contributed by atoms with Gasteiger partial charge in [0.15, 0.2) is 0 Å². The number of rotatable bonds is 3. The summed E-state index contributed by atoms with van der Waals surface area (Å²) >= 11 is 1.53. The fourth-order valence-corrected chi connectivity index (χ4v) is 3.39. The third-order valence-electron chi connectivity index (χ3n) is 3.62. The number of amides is 1. The summed E-state index contributed by atoms with van der Waals surface area (Å²) in [5.74, 6) is 5.70. The standard InChI is InChI=1S/C13H21N3OS/c1-9-3-4-10(2)16(7-9)8-11-5-6-12(18-11)13(17)15-14/h5-6,9-10H,3-4,7-8,14H2,1-2H3,(H,15,17). The molecule has 2 rings (SSSR count). The van der Waals surface area contributed by atoms with Crippen LogP contribution in [-0.4, -0.2) is 23.4 Å². The van der Waals surface area contributed by atoms with Crippen LogP contribution in [0.25, 0.3) is 0 Å². The summed E-state index contributed by atoms with van der Waals surface area (Å²) < 4.78 is 0. The van der Waals surface area contributed by atoms with Gasteiger partial charge >= 0.3 is 0 Å². The largest absolute Gasteiger partial charge is 0.295 e. The molecule has 2 heterocycles. The van der Waals surface area contributed by atoms with Crippen LogP contribution in [0.2, 0.25) is 0 Å². The minimum Gasteiger partial charge on any atom is -0.295 e. The summed E-state index contributed by atoms with van der Waals surface area (Å²) in [4.78, 5) is 15.8. The predicted molar refractivity (Wildman–Crippen MR) is 74.2 cm³/mol. The molecule has 1 aromatic heterocycles. The monoisotopic (exact) mass is 267 g/mol. The SMILES string of the molecule is CC1CCC(C)N(Cc2ccc(C(=O)NN)s2)C1. The number of nitrogens with two attached hydrogens (primary N) is 1. The Morgan fingerprint density at radius 2 is 2.28 bits per heavy atom. The van der Waals surface area contributed by atoms with Crippen molar-refractivity contribution in [2.45, 2.75) is 39.3 Å². The van der Waals surface area contributed by atoms with Crippen LogP contribution in [0.4, 0.5) is 0 Å². The smallest absolute Gasteiger partial charge is 0.275 e. The Hall–Kier alpha value is -0.910. The topological polar surface area (TPSA) is 58.4 Å². The molecule has 0 aliphatic carbocycles. The van der Waals surface area contributed by atoms with E-state index in [0.717, 1.165) is 19.0 Å². The van der Waals surface area contributed by atoms with Crippen LogP contribution in [0.1, 0.15) is 41.2 Å². The second kappa shape index (κ2) is 5.82. The first-order valence-electron chi connectivity index (χ1n) is 6.44. The van der Waals surface area contributed by atoms with Crippen molar-refractivity contribution in [3.05, 3.63) is 21.9 Å². The Balaban J connectivity index is 2.00. The molecule has 1 saturated heterocycles. The fraction of sp³-hybridized carbons (Fsp3) is 0.615. The van der Waals surface area contributed by atoms with Gasteiger partial charge in [-0.1, -0.05) is 6.92 Å². The number of carbonyl (C=O) groups excluding carboxylic acids is 1. The van der Waals surface area contributed by atoms with E-state index in [-0.39, 0.29) is 5.91 Å². The van der Waals surface area contributed by atoms with Crippen molar-refractivity contribution in [2.24, 2.45) is 11.8 Å². The van der Waals surface area contributed by atoms with Gasteiger partial charge in [0.1, 0.15) is 0 Å². The van der Waals surface area contributed by atoms with Crippen LogP contribution in [-0.2, 0) is 6.54 Å². The van der Waals surface area contributed by atoms with Crippen LogP contribution >= 0.6 is 11.3 Å². The van der Waals surface area contributed by atoms with Gasteiger partial charge in [0.2, 0.25) is 0 Å². The first kappa shape index (κ1) is 13.5. The van der Waals surface area contributed by atoms with Gasteiger partial charge in [-0.25, -0.2) is 5.84 Å². The summed E-state index contributed by atoms with van der Waals surface area (Å²) in [7, 11) is 0. The number of carbonyl (C=O) groups is 1. The number of piperidine rings is 1. The highest BCUT2D eigenvalue weighted by atomic mass is 32.1. The average molecular weight is 267 g/mol. The van der Waals surface area contributed by atoms with Crippen molar-refractivity contribution in [3.63, 3.8) is 0 Å². The Kier molecular flexibility index (Phi) is 4.37. The number of likely N-dealkylation sites (tertiary alicyclic amines) is 1. The first-order chi connectivity index (χ1) is 8.60.